The number of aromatic nitrogens is 2. The van der Waals surface area contributed by atoms with Crippen LogP contribution in [-0.2, 0) is 6.42 Å². The van der Waals surface area contributed by atoms with Crippen molar-refractivity contribution >= 4 is 16.9 Å². The third-order valence-corrected chi connectivity index (χ3v) is 4.41. The van der Waals surface area contributed by atoms with Crippen LogP contribution < -0.4 is 5.32 Å². The van der Waals surface area contributed by atoms with Gasteiger partial charge in [0.05, 0.1) is 22.7 Å². The number of fused-ring (bicyclic) bond motifs is 1. The quantitative estimate of drug-likeness (QED) is 0.633. The largest absolute Gasteiger partial charge is 0.390 e. The van der Waals surface area contributed by atoms with Crippen LogP contribution in [0, 0.1) is 0 Å². The van der Waals surface area contributed by atoms with Crippen LogP contribution in [0.2, 0.25) is 0 Å². The summed E-state index contributed by atoms with van der Waals surface area (Å²) in [4.78, 5) is 20.2. The van der Waals surface area contributed by atoms with E-state index in [4.69, 9.17) is 0 Å². The molecule has 1 unspecified atom stereocenters. The van der Waals surface area contributed by atoms with E-state index in [1.54, 1.807) is 13.8 Å². The minimum Gasteiger partial charge on any atom is -0.390 e. The lowest BCUT2D eigenvalue weighted by Gasteiger charge is -2.16. The van der Waals surface area contributed by atoms with Gasteiger partial charge in [-0.25, -0.2) is 4.98 Å². The number of imidazole rings is 1. The highest BCUT2D eigenvalue weighted by Gasteiger charge is 2.15. The van der Waals surface area contributed by atoms with E-state index in [0.29, 0.717) is 12.0 Å². The average molecular weight is 351 g/mol. The summed E-state index contributed by atoms with van der Waals surface area (Å²) >= 11 is 0. The van der Waals surface area contributed by atoms with Gasteiger partial charge in [0, 0.05) is 5.56 Å². The maximum atomic E-state index is 12.5. The standard InChI is InChI=1S/C21H25N3O2/c1-14(19-23-17-6-4-5-7-18(17)24-19)22-20(25)16-10-8-15(9-11-16)12-13-21(2,3)26/h4-11,14,26H,12-13H2,1-3H3,(H,22,25)(H,23,24). The van der Waals surface area contributed by atoms with Gasteiger partial charge in [0.1, 0.15) is 5.82 Å². The van der Waals surface area contributed by atoms with Gasteiger partial charge in [0.2, 0.25) is 0 Å². The molecule has 1 amide bonds. The van der Waals surface area contributed by atoms with Crippen LogP contribution in [0.4, 0.5) is 0 Å². The molecule has 5 heteroatoms. The molecule has 0 aliphatic rings. The number of amides is 1. The highest BCUT2D eigenvalue weighted by Crippen LogP contribution is 2.17. The number of nitrogens with zero attached hydrogens (tertiary/aromatic N) is 1. The summed E-state index contributed by atoms with van der Waals surface area (Å²) in [7, 11) is 0. The lowest BCUT2D eigenvalue weighted by Crippen LogP contribution is -2.27. The second-order valence-electron chi connectivity index (χ2n) is 7.34. The molecule has 1 heterocycles. The minimum absolute atomic E-state index is 0.132. The van der Waals surface area contributed by atoms with Gasteiger partial charge in [-0.05, 0) is 63.4 Å². The van der Waals surface area contributed by atoms with E-state index < -0.39 is 5.60 Å². The number of para-hydroxylation sites is 2. The van der Waals surface area contributed by atoms with E-state index in [-0.39, 0.29) is 11.9 Å². The fourth-order valence-electron chi connectivity index (χ4n) is 2.80. The Morgan fingerprint density at radius 1 is 1.19 bits per heavy atom. The van der Waals surface area contributed by atoms with E-state index >= 15 is 0 Å². The number of benzene rings is 2. The topological polar surface area (TPSA) is 78.0 Å². The van der Waals surface area contributed by atoms with Crippen molar-refractivity contribution in [3.05, 3.63) is 65.5 Å². The third-order valence-electron chi connectivity index (χ3n) is 4.41. The van der Waals surface area contributed by atoms with Crippen molar-refractivity contribution < 1.29 is 9.90 Å². The Hall–Kier alpha value is -2.66. The predicted molar refractivity (Wildman–Crippen MR) is 103 cm³/mol. The number of carbonyl (C=O) groups excluding carboxylic acids is 1. The van der Waals surface area contributed by atoms with Crippen LogP contribution in [-0.4, -0.2) is 26.6 Å². The molecule has 0 spiro atoms. The van der Waals surface area contributed by atoms with E-state index in [9.17, 15) is 9.90 Å². The van der Waals surface area contributed by atoms with Crippen LogP contribution in [0.15, 0.2) is 48.5 Å². The second kappa shape index (κ2) is 7.30. The Labute approximate surface area is 153 Å². The molecule has 3 aromatic rings. The lowest BCUT2D eigenvalue weighted by molar-refractivity contribution is 0.0713. The highest BCUT2D eigenvalue weighted by molar-refractivity contribution is 5.94. The Bertz CT molecular complexity index is 859. The summed E-state index contributed by atoms with van der Waals surface area (Å²) in [6.07, 6.45) is 1.46. The molecule has 0 saturated heterocycles. The summed E-state index contributed by atoms with van der Waals surface area (Å²) in [6.45, 7) is 5.51. The first-order valence-corrected chi connectivity index (χ1v) is 8.89. The van der Waals surface area contributed by atoms with Crippen molar-refractivity contribution in [3.63, 3.8) is 0 Å². The monoisotopic (exact) mass is 351 g/mol. The number of H-pyrrole nitrogens is 1. The zero-order valence-electron chi connectivity index (χ0n) is 15.4. The highest BCUT2D eigenvalue weighted by atomic mass is 16.3. The van der Waals surface area contributed by atoms with Crippen LogP contribution in [0.25, 0.3) is 11.0 Å². The molecule has 0 radical (unpaired) electrons. The van der Waals surface area contributed by atoms with Crippen molar-refractivity contribution in [1.82, 2.24) is 15.3 Å². The van der Waals surface area contributed by atoms with Gasteiger partial charge in [-0.2, -0.15) is 0 Å². The van der Waals surface area contributed by atoms with Crippen LogP contribution in [0.1, 0.15) is 55.0 Å². The second-order valence-corrected chi connectivity index (χ2v) is 7.34. The third kappa shape index (κ3) is 4.49. The number of aliphatic hydroxyl groups is 1. The van der Waals surface area contributed by atoms with Crippen LogP contribution >= 0.6 is 0 Å². The first-order chi connectivity index (χ1) is 12.3. The van der Waals surface area contributed by atoms with E-state index in [2.05, 4.69) is 15.3 Å². The number of rotatable bonds is 6. The van der Waals surface area contributed by atoms with Crippen molar-refractivity contribution in [1.29, 1.82) is 0 Å². The molecule has 136 valence electrons. The number of aryl methyl sites for hydroxylation is 1. The summed E-state index contributed by atoms with van der Waals surface area (Å²) < 4.78 is 0. The maximum absolute atomic E-state index is 12.5. The summed E-state index contributed by atoms with van der Waals surface area (Å²) in [5.74, 6) is 0.605. The van der Waals surface area contributed by atoms with Gasteiger partial charge in [0.15, 0.2) is 0 Å². The summed E-state index contributed by atoms with van der Waals surface area (Å²) in [5, 5.41) is 12.8. The van der Waals surface area contributed by atoms with Crippen LogP contribution in [0.5, 0.6) is 0 Å². The molecule has 0 saturated carbocycles. The normalized spacial score (nSPS) is 12.9. The molecule has 5 nitrogen and oxygen atoms in total. The Morgan fingerprint density at radius 2 is 1.88 bits per heavy atom. The van der Waals surface area contributed by atoms with E-state index in [0.717, 1.165) is 28.8 Å². The fourth-order valence-corrected chi connectivity index (χ4v) is 2.80. The predicted octanol–water partition coefficient (Wildman–Crippen LogP) is 3.76. The van der Waals surface area contributed by atoms with Crippen molar-refractivity contribution in [2.45, 2.75) is 45.3 Å². The SMILES string of the molecule is CC(NC(=O)c1ccc(CCC(C)(C)O)cc1)c1nc2ccccc2[nH]1. The number of carbonyl (C=O) groups is 1. The zero-order valence-corrected chi connectivity index (χ0v) is 15.4. The lowest BCUT2D eigenvalue weighted by atomic mass is 9.98. The molecule has 1 atom stereocenters. The van der Waals surface area contributed by atoms with Crippen molar-refractivity contribution in [3.8, 4) is 0 Å². The number of hydrogen-bond acceptors (Lipinski definition) is 3. The van der Waals surface area contributed by atoms with Gasteiger partial charge in [-0.3, -0.25) is 4.79 Å². The number of aromatic amines is 1. The molecular weight excluding hydrogens is 326 g/mol. The van der Waals surface area contributed by atoms with Crippen molar-refractivity contribution in [2.75, 3.05) is 0 Å². The van der Waals surface area contributed by atoms with Gasteiger partial charge in [-0.1, -0.05) is 24.3 Å². The molecule has 26 heavy (non-hydrogen) atoms. The molecule has 1 aromatic heterocycles. The fraction of sp³-hybridized carbons (Fsp3) is 0.333. The molecule has 2 aromatic carbocycles. The molecule has 0 bridgehead atoms. The smallest absolute Gasteiger partial charge is 0.251 e. The summed E-state index contributed by atoms with van der Waals surface area (Å²) in [5.41, 5.74) is 2.88. The van der Waals surface area contributed by atoms with Crippen molar-refractivity contribution in [2.24, 2.45) is 0 Å². The average Bonchev–Trinajstić information content (AvgIpc) is 3.04. The Morgan fingerprint density at radius 3 is 2.54 bits per heavy atom. The van der Waals surface area contributed by atoms with Gasteiger partial charge >= 0.3 is 0 Å². The number of hydrogen-bond donors (Lipinski definition) is 3. The zero-order chi connectivity index (χ0) is 18.7. The van der Waals surface area contributed by atoms with Crippen LogP contribution in [0.3, 0.4) is 0 Å². The molecule has 3 N–H and O–H groups in total. The molecule has 0 aliphatic heterocycles. The van der Waals surface area contributed by atoms with Gasteiger partial charge < -0.3 is 15.4 Å². The summed E-state index contributed by atoms with van der Waals surface area (Å²) in [6, 6.07) is 15.1. The first-order valence-electron chi connectivity index (χ1n) is 8.89. The maximum Gasteiger partial charge on any atom is 0.251 e. The number of nitrogens with one attached hydrogen (secondary N) is 2. The minimum atomic E-state index is -0.682. The van der Waals surface area contributed by atoms with E-state index in [1.165, 1.54) is 0 Å². The molecular formula is C21H25N3O2. The molecule has 0 fully saturated rings. The van der Waals surface area contributed by atoms with Gasteiger partial charge in [-0.15, -0.1) is 0 Å². The first kappa shape index (κ1) is 18.1. The van der Waals surface area contributed by atoms with Gasteiger partial charge in [0.25, 0.3) is 5.91 Å². The van der Waals surface area contributed by atoms with E-state index in [1.807, 2.05) is 55.5 Å². The molecule has 3 rings (SSSR count). The Kier molecular flexibility index (Phi) is 5.09. The Balaban J connectivity index is 1.63. The molecule has 0 aliphatic carbocycles.